The molecule has 2 heteroatoms. The zero-order chi connectivity index (χ0) is 13.8. The molecule has 0 aliphatic rings. The molecule has 0 nitrogen and oxygen atoms in total. The van der Waals surface area contributed by atoms with E-state index in [1.807, 2.05) is 11.8 Å². The van der Waals surface area contributed by atoms with E-state index in [2.05, 4.69) is 48.2 Å². The van der Waals surface area contributed by atoms with Gasteiger partial charge in [0.15, 0.2) is 0 Å². The summed E-state index contributed by atoms with van der Waals surface area (Å²) in [6, 6.07) is 2.22. The summed E-state index contributed by atoms with van der Waals surface area (Å²) in [5.74, 6) is 1.10. The summed E-state index contributed by atoms with van der Waals surface area (Å²) in [5, 5.41) is 6.75. The van der Waals surface area contributed by atoms with Crippen LogP contribution in [0.5, 0.6) is 0 Å². The molecule has 0 amide bonds. The lowest BCUT2D eigenvalue weighted by atomic mass is 10.1. The van der Waals surface area contributed by atoms with Gasteiger partial charge in [-0.25, -0.2) is 0 Å². The lowest BCUT2D eigenvalue weighted by molar-refractivity contribution is 0.793. The lowest BCUT2D eigenvalue weighted by Crippen LogP contribution is -1.80. The van der Waals surface area contributed by atoms with Crippen molar-refractivity contribution < 1.29 is 0 Å². The Bertz CT molecular complexity index is 361. The van der Waals surface area contributed by atoms with E-state index >= 15 is 0 Å². The summed E-state index contributed by atoms with van der Waals surface area (Å²) in [4.78, 5) is 0. The summed E-state index contributed by atoms with van der Waals surface area (Å²) in [6.45, 7) is 4.51. The molecule has 0 saturated carbocycles. The van der Waals surface area contributed by atoms with Crippen LogP contribution < -0.4 is 0 Å². The lowest BCUT2D eigenvalue weighted by Gasteiger charge is -2.01. The molecular formula is C17H26S2. The van der Waals surface area contributed by atoms with Gasteiger partial charge in [0.2, 0.25) is 0 Å². The Labute approximate surface area is 127 Å². The summed E-state index contributed by atoms with van der Waals surface area (Å²) in [7, 11) is 0. The quantitative estimate of drug-likeness (QED) is 0.337. The van der Waals surface area contributed by atoms with E-state index in [9.17, 15) is 0 Å². The zero-order valence-electron chi connectivity index (χ0n) is 12.2. The number of hydrogen-bond acceptors (Lipinski definition) is 2. The highest BCUT2D eigenvalue weighted by atomic mass is 32.2. The summed E-state index contributed by atoms with van der Waals surface area (Å²) >= 11 is 3.71. The van der Waals surface area contributed by atoms with Gasteiger partial charge < -0.3 is 0 Å². The molecule has 0 bridgehead atoms. The topological polar surface area (TPSA) is 0 Å². The molecule has 0 unspecified atom stereocenters. The van der Waals surface area contributed by atoms with E-state index in [-0.39, 0.29) is 0 Å². The van der Waals surface area contributed by atoms with Crippen LogP contribution in [-0.2, 0) is 5.75 Å². The Morgan fingerprint density at radius 2 is 2.11 bits per heavy atom. The number of thiophene rings is 1. The minimum Gasteiger partial charge on any atom is -0.152 e. The van der Waals surface area contributed by atoms with Gasteiger partial charge in [-0.1, -0.05) is 45.3 Å². The largest absolute Gasteiger partial charge is 0.152 e. The molecule has 0 aromatic carbocycles. The van der Waals surface area contributed by atoms with Crippen LogP contribution in [0.15, 0.2) is 40.0 Å². The average molecular weight is 295 g/mol. The Morgan fingerprint density at radius 3 is 2.79 bits per heavy atom. The van der Waals surface area contributed by atoms with Gasteiger partial charge in [-0.15, -0.1) is 11.8 Å². The number of hydrogen-bond donors (Lipinski definition) is 0. The maximum atomic E-state index is 2.36. The van der Waals surface area contributed by atoms with E-state index in [0.29, 0.717) is 0 Å². The first-order valence-corrected chi connectivity index (χ1v) is 9.34. The fourth-order valence-corrected chi connectivity index (χ4v) is 3.38. The second-order valence-electron chi connectivity index (χ2n) is 4.78. The first-order valence-electron chi connectivity index (χ1n) is 7.35. The molecular weight excluding hydrogens is 268 g/mol. The standard InChI is InChI=1S/C17H26S2/c1-3-5-7-8-10-16(9-6-4-2)13-19-15-17-11-12-18-14-17/h8,10-14H,3-7,9,15H2,1-2H3/b10-8-,16-13+. The first kappa shape index (κ1) is 16.6. The molecule has 1 aromatic heterocycles. The van der Waals surface area contributed by atoms with Crippen molar-refractivity contribution >= 4 is 23.1 Å². The minimum absolute atomic E-state index is 1.10. The predicted molar refractivity (Wildman–Crippen MR) is 91.9 cm³/mol. The van der Waals surface area contributed by atoms with Gasteiger partial charge in [0.1, 0.15) is 0 Å². The average Bonchev–Trinajstić information content (AvgIpc) is 2.93. The molecule has 0 atom stereocenters. The maximum absolute atomic E-state index is 2.36. The predicted octanol–water partition coefficient (Wildman–Crippen LogP) is 6.80. The third-order valence-electron chi connectivity index (χ3n) is 2.94. The molecule has 106 valence electrons. The van der Waals surface area contributed by atoms with Crippen LogP contribution in [0.2, 0.25) is 0 Å². The van der Waals surface area contributed by atoms with Crippen molar-refractivity contribution in [2.24, 2.45) is 0 Å². The molecule has 1 aromatic rings. The van der Waals surface area contributed by atoms with Crippen molar-refractivity contribution in [1.29, 1.82) is 0 Å². The van der Waals surface area contributed by atoms with Gasteiger partial charge in [0.25, 0.3) is 0 Å². The summed E-state index contributed by atoms with van der Waals surface area (Å²) in [5.41, 5.74) is 2.94. The van der Waals surface area contributed by atoms with Crippen LogP contribution in [0.25, 0.3) is 0 Å². The number of thioether (sulfide) groups is 1. The van der Waals surface area contributed by atoms with Crippen LogP contribution in [0, 0.1) is 0 Å². The monoisotopic (exact) mass is 294 g/mol. The Morgan fingerprint density at radius 1 is 1.26 bits per heavy atom. The van der Waals surface area contributed by atoms with Crippen molar-refractivity contribution in [2.45, 2.75) is 58.1 Å². The van der Waals surface area contributed by atoms with Gasteiger partial charge in [-0.05, 0) is 52.6 Å². The Kier molecular flexibility index (Phi) is 9.92. The van der Waals surface area contributed by atoms with Crippen molar-refractivity contribution in [1.82, 2.24) is 0 Å². The second kappa shape index (κ2) is 11.4. The second-order valence-corrected chi connectivity index (χ2v) is 6.42. The molecule has 0 aliphatic carbocycles. The first-order chi connectivity index (χ1) is 9.36. The normalized spacial score (nSPS) is 12.4. The van der Waals surface area contributed by atoms with Gasteiger partial charge in [0, 0.05) is 5.75 Å². The fourth-order valence-electron chi connectivity index (χ4n) is 1.74. The highest BCUT2D eigenvalue weighted by Gasteiger charge is 1.95. The number of allylic oxidation sites excluding steroid dienone is 3. The van der Waals surface area contributed by atoms with Gasteiger partial charge >= 0.3 is 0 Å². The van der Waals surface area contributed by atoms with E-state index in [1.165, 1.54) is 49.7 Å². The highest BCUT2D eigenvalue weighted by Crippen LogP contribution is 2.20. The van der Waals surface area contributed by atoms with E-state index in [0.717, 1.165) is 5.75 Å². The third-order valence-corrected chi connectivity index (χ3v) is 4.64. The van der Waals surface area contributed by atoms with Crippen LogP contribution >= 0.6 is 23.1 Å². The third kappa shape index (κ3) is 8.33. The van der Waals surface area contributed by atoms with E-state index < -0.39 is 0 Å². The van der Waals surface area contributed by atoms with Gasteiger partial charge in [0.05, 0.1) is 0 Å². The molecule has 0 N–H and O–H groups in total. The molecule has 0 fully saturated rings. The molecule has 0 saturated heterocycles. The van der Waals surface area contributed by atoms with E-state index in [1.54, 1.807) is 11.3 Å². The molecule has 0 radical (unpaired) electrons. The fraction of sp³-hybridized carbons (Fsp3) is 0.529. The van der Waals surface area contributed by atoms with E-state index in [4.69, 9.17) is 0 Å². The van der Waals surface area contributed by atoms with Crippen molar-refractivity contribution in [3.8, 4) is 0 Å². The molecule has 1 heterocycles. The smallest absolute Gasteiger partial charge is 0.0234 e. The highest BCUT2D eigenvalue weighted by molar-refractivity contribution is 8.01. The molecule has 0 aliphatic heterocycles. The molecule has 19 heavy (non-hydrogen) atoms. The van der Waals surface area contributed by atoms with Crippen LogP contribution in [0.3, 0.4) is 0 Å². The Hall–Kier alpha value is -0.470. The van der Waals surface area contributed by atoms with Crippen LogP contribution in [0.4, 0.5) is 0 Å². The van der Waals surface area contributed by atoms with Crippen molar-refractivity contribution in [3.63, 3.8) is 0 Å². The van der Waals surface area contributed by atoms with Gasteiger partial charge in [-0.3, -0.25) is 0 Å². The Balaban J connectivity index is 2.39. The summed E-state index contributed by atoms with van der Waals surface area (Å²) in [6.07, 6.45) is 12.3. The molecule has 0 spiro atoms. The molecule has 1 rings (SSSR count). The minimum atomic E-state index is 1.10. The van der Waals surface area contributed by atoms with Crippen LogP contribution in [0.1, 0.15) is 57.9 Å². The SMILES string of the molecule is CCCC/C=C\C(=C\SCc1ccsc1)CCCC. The maximum Gasteiger partial charge on any atom is 0.0234 e. The zero-order valence-corrected chi connectivity index (χ0v) is 13.9. The van der Waals surface area contributed by atoms with Crippen LogP contribution in [-0.4, -0.2) is 0 Å². The van der Waals surface area contributed by atoms with Gasteiger partial charge in [-0.2, -0.15) is 11.3 Å². The van der Waals surface area contributed by atoms with Crippen molar-refractivity contribution in [3.05, 3.63) is 45.5 Å². The van der Waals surface area contributed by atoms with Crippen molar-refractivity contribution in [2.75, 3.05) is 0 Å². The number of unbranched alkanes of at least 4 members (excludes halogenated alkanes) is 3. The number of rotatable bonds is 10. The summed E-state index contributed by atoms with van der Waals surface area (Å²) < 4.78 is 0.